The van der Waals surface area contributed by atoms with Crippen molar-refractivity contribution < 1.29 is 9.72 Å². The van der Waals surface area contributed by atoms with Gasteiger partial charge in [-0.25, -0.2) is 4.98 Å². The molecule has 0 aliphatic carbocycles. The molecule has 0 saturated carbocycles. The first-order valence-corrected chi connectivity index (χ1v) is 11.2. The molecule has 2 aromatic heterocycles. The number of non-ortho nitro benzene ring substituents is 1. The summed E-state index contributed by atoms with van der Waals surface area (Å²) in [4.78, 5) is 44.0. The first kappa shape index (κ1) is 21.5. The van der Waals surface area contributed by atoms with E-state index in [0.717, 1.165) is 31.5 Å². The lowest BCUT2D eigenvalue weighted by molar-refractivity contribution is -0.384. The Labute approximate surface area is 187 Å². The molecule has 0 radical (unpaired) electrons. The molecule has 4 rings (SSSR count). The minimum atomic E-state index is -0.499. The van der Waals surface area contributed by atoms with Crippen molar-refractivity contribution >= 4 is 44.7 Å². The summed E-state index contributed by atoms with van der Waals surface area (Å²) in [6.45, 7) is 2.53. The molecule has 31 heavy (non-hydrogen) atoms. The lowest BCUT2D eigenvalue weighted by atomic mass is 10.1. The van der Waals surface area contributed by atoms with Gasteiger partial charge >= 0.3 is 0 Å². The summed E-state index contributed by atoms with van der Waals surface area (Å²) < 4.78 is 1.75. The van der Waals surface area contributed by atoms with Crippen LogP contribution in [0.5, 0.6) is 0 Å². The van der Waals surface area contributed by atoms with Crippen LogP contribution in [-0.2, 0) is 19.5 Å². The fourth-order valence-electron chi connectivity index (χ4n) is 3.91. The molecular weight excluding hydrogens is 440 g/mol. The number of hydrogen-bond acceptors (Lipinski definition) is 6. The lowest BCUT2D eigenvalue weighted by Gasteiger charge is -2.17. The minimum absolute atomic E-state index is 0.0842. The molecule has 0 unspecified atom stereocenters. The van der Waals surface area contributed by atoms with Gasteiger partial charge in [0.1, 0.15) is 10.7 Å². The maximum absolute atomic E-state index is 13.2. The number of amides is 1. The Morgan fingerprint density at radius 1 is 1.35 bits per heavy atom. The van der Waals surface area contributed by atoms with Crippen molar-refractivity contribution in [1.82, 2.24) is 14.5 Å². The zero-order valence-electron chi connectivity index (χ0n) is 17.2. The van der Waals surface area contributed by atoms with Crippen molar-refractivity contribution in [2.45, 2.75) is 45.7 Å². The van der Waals surface area contributed by atoms with Gasteiger partial charge in [-0.3, -0.25) is 24.3 Å². The molecular formula is C21H21ClN4O4S. The molecule has 8 nitrogen and oxygen atoms in total. The molecule has 1 amide bonds. The molecule has 0 spiro atoms. The second kappa shape index (κ2) is 8.39. The van der Waals surface area contributed by atoms with E-state index < -0.39 is 4.92 Å². The van der Waals surface area contributed by atoms with Crippen LogP contribution in [0.4, 0.5) is 5.69 Å². The molecule has 10 heteroatoms. The number of thiophene rings is 1. The Morgan fingerprint density at radius 3 is 2.87 bits per heavy atom. The van der Waals surface area contributed by atoms with E-state index in [-0.39, 0.29) is 23.7 Å². The van der Waals surface area contributed by atoms with Gasteiger partial charge in [0, 0.05) is 43.7 Å². The highest BCUT2D eigenvalue weighted by Crippen LogP contribution is 2.30. The molecule has 0 N–H and O–H groups in total. The summed E-state index contributed by atoms with van der Waals surface area (Å²) in [5, 5.41) is 11.9. The van der Waals surface area contributed by atoms with Gasteiger partial charge in [0.2, 0.25) is 0 Å². The van der Waals surface area contributed by atoms with Crippen LogP contribution in [0.15, 0.2) is 23.0 Å². The van der Waals surface area contributed by atoms with E-state index in [1.165, 1.54) is 34.4 Å². The molecule has 3 heterocycles. The van der Waals surface area contributed by atoms with Crippen molar-refractivity contribution in [3.05, 3.63) is 65.5 Å². The van der Waals surface area contributed by atoms with Crippen molar-refractivity contribution in [2.24, 2.45) is 0 Å². The van der Waals surface area contributed by atoms with Crippen molar-refractivity contribution in [2.75, 3.05) is 7.05 Å². The fourth-order valence-corrected chi connectivity index (χ4v) is 5.27. The van der Waals surface area contributed by atoms with E-state index in [1.807, 2.05) is 0 Å². The lowest BCUT2D eigenvalue weighted by Crippen LogP contribution is -2.26. The molecule has 1 aliphatic rings. The number of nitro groups is 1. The van der Waals surface area contributed by atoms with Gasteiger partial charge in [0.05, 0.1) is 15.2 Å². The van der Waals surface area contributed by atoms with E-state index in [0.29, 0.717) is 37.8 Å². The van der Waals surface area contributed by atoms with E-state index in [4.69, 9.17) is 16.6 Å². The zero-order valence-corrected chi connectivity index (χ0v) is 18.8. The number of nitro benzene ring substituents is 1. The molecule has 3 aromatic rings. The molecule has 1 aromatic carbocycles. The molecule has 0 fully saturated rings. The smallest absolute Gasteiger partial charge is 0.269 e. The van der Waals surface area contributed by atoms with Gasteiger partial charge in [-0.2, -0.15) is 0 Å². The maximum atomic E-state index is 13.2. The summed E-state index contributed by atoms with van der Waals surface area (Å²) in [6, 6.07) is 4.15. The number of carbonyl (C=O) groups excluding carboxylic acids is 1. The Morgan fingerprint density at radius 2 is 2.13 bits per heavy atom. The van der Waals surface area contributed by atoms with Crippen molar-refractivity contribution in [3.63, 3.8) is 0 Å². The number of halogens is 1. The predicted molar refractivity (Wildman–Crippen MR) is 120 cm³/mol. The number of rotatable bonds is 4. The van der Waals surface area contributed by atoms with Gasteiger partial charge in [-0.05, 0) is 37.0 Å². The van der Waals surface area contributed by atoms with Gasteiger partial charge in [0.15, 0.2) is 0 Å². The Kier molecular flexibility index (Phi) is 5.81. The van der Waals surface area contributed by atoms with E-state index in [2.05, 4.69) is 0 Å². The summed E-state index contributed by atoms with van der Waals surface area (Å²) in [5.74, 6) is 0.509. The molecule has 0 bridgehead atoms. The second-order valence-electron chi connectivity index (χ2n) is 7.73. The Balaban J connectivity index is 1.69. The maximum Gasteiger partial charge on any atom is 0.269 e. The highest BCUT2D eigenvalue weighted by Gasteiger charge is 2.24. The largest absolute Gasteiger partial charge is 0.337 e. The Hall–Kier alpha value is -2.78. The van der Waals surface area contributed by atoms with Crippen molar-refractivity contribution in [3.8, 4) is 0 Å². The highest BCUT2D eigenvalue weighted by molar-refractivity contribution is 7.20. The fraction of sp³-hybridized carbons (Fsp3) is 0.381. The van der Waals surface area contributed by atoms with Crippen molar-refractivity contribution in [1.29, 1.82) is 0 Å². The van der Waals surface area contributed by atoms with Crippen LogP contribution in [0.1, 0.15) is 45.9 Å². The summed E-state index contributed by atoms with van der Waals surface area (Å²) in [7, 11) is 1.61. The number of nitrogens with zero attached hydrogens (tertiary/aromatic N) is 4. The van der Waals surface area contributed by atoms with E-state index in [9.17, 15) is 19.7 Å². The van der Waals surface area contributed by atoms with Gasteiger partial charge in [-0.15, -0.1) is 11.3 Å². The first-order chi connectivity index (χ1) is 14.8. The summed E-state index contributed by atoms with van der Waals surface area (Å²) in [5.41, 5.74) is 0.936. The van der Waals surface area contributed by atoms with Crippen LogP contribution in [0.3, 0.4) is 0 Å². The van der Waals surface area contributed by atoms with Gasteiger partial charge in [0.25, 0.3) is 17.2 Å². The molecule has 0 atom stereocenters. The van der Waals surface area contributed by atoms with E-state index >= 15 is 0 Å². The average molecular weight is 461 g/mol. The third-order valence-electron chi connectivity index (χ3n) is 5.60. The quantitative estimate of drug-likeness (QED) is 0.426. The second-order valence-corrected chi connectivity index (χ2v) is 9.13. The van der Waals surface area contributed by atoms with Crippen LogP contribution in [-0.4, -0.2) is 32.3 Å². The van der Waals surface area contributed by atoms with Crippen LogP contribution in [0.25, 0.3) is 10.2 Å². The van der Waals surface area contributed by atoms with Crippen LogP contribution in [0.2, 0.25) is 5.02 Å². The summed E-state index contributed by atoms with van der Waals surface area (Å²) >= 11 is 7.41. The van der Waals surface area contributed by atoms with Crippen LogP contribution >= 0.6 is 22.9 Å². The van der Waals surface area contributed by atoms with Gasteiger partial charge < -0.3 is 4.90 Å². The molecule has 1 aliphatic heterocycles. The third-order valence-corrected chi connectivity index (χ3v) is 7.14. The third kappa shape index (κ3) is 3.95. The predicted octanol–water partition coefficient (Wildman–Crippen LogP) is 4.33. The number of hydrogen-bond donors (Lipinski definition) is 0. The Bertz CT molecular complexity index is 1270. The number of aryl methyl sites for hydroxylation is 2. The SMILES string of the molecule is Cc1c(C(=O)N(C)Cc2cc([N+](=O)[O-])ccc2Cl)sc2nc3n(c(=O)c12)CCCCC3. The first-order valence-electron chi connectivity index (χ1n) is 9.99. The van der Waals surface area contributed by atoms with Crippen LogP contribution < -0.4 is 5.56 Å². The topological polar surface area (TPSA) is 98.3 Å². The average Bonchev–Trinajstić information content (AvgIpc) is 2.90. The monoisotopic (exact) mass is 460 g/mol. The number of benzene rings is 1. The van der Waals surface area contributed by atoms with E-state index in [1.54, 1.807) is 18.5 Å². The highest BCUT2D eigenvalue weighted by atomic mass is 35.5. The molecule has 0 saturated heterocycles. The minimum Gasteiger partial charge on any atom is -0.337 e. The zero-order chi connectivity index (χ0) is 22.3. The number of carbonyl (C=O) groups is 1. The van der Waals surface area contributed by atoms with Crippen LogP contribution in [0, 0.1) is 17.0 Å². The standard InChI is InChI=1S/C21H21ClN4O4S/c1-12-17-19(23-16-6-4-3-5-9-25(16)20(17)27)31-18(12)21(28)24(2)11-13-10-14(26(29)30)7-8-15(13)22/h7-8,10H,3-6,9,11H2,1-2H3. The number of fused-ring (bicyclic) bond motifs is 2. The number of aromatic nitrogens is 2. The van der Waals surface area contributed by atoms with Gasteiger partial charge in [-0.1, -0.05) is 18.0 Å². The summed E-state index contributed by atoms with van der Waals surface area (Å²) in [6.07, 6.45) is 3.78. The molecule has 162 valence electrons. The normalized spacial score (nSPS) is 13.6.